The molecule has 2 aliphatic carbocycles. The lowest BCUT2D eigenvalue weighted by atomic mass is 9.74. The summed E-state index contributed by atoms with van der Waals surface area (Å²) in [4.78, 5) is 3.93. The molecule has 0 aliphatic heterocycles. The minimum Gasteiger partial charge on any atom is -0.405 e. The second-order valence-corrected chi connectivity index (χ2v) is 14.8. The van der Waals surface area contributed by atoms with Gasteiger partial charge in [0.2, 0.25) is 0 Å². The quantitative estimate of drug-likeness (QED) is 0.155. The average molecular weight is 678 g/mol. The fourth-order valence-corrected chi connectivity index (χ4v) is 9.46. The van der Waals surface area contributed by atoms with Crippen LogP contribution in [0.3, 0.4) is 0 Å². The van der Waals surface area contributed by atoms with Gasteiger partial charge in [-0.15, -0.1) is 0 Å². The first kappa shape index (κ1) is 32.4. The van der Waals surface area contributed by atoms with E-state index in [1.807, 2.05) is 6.08 Å². The van der Waals surface area contributed by atoms with Gasteiger partial charge in [-0.1, -0.05) is 74.5 Å². The number of nitrogens with one attached hydrogen (secondary N) is 1. The molecule has 5 aromatic carbocycles. The van der Waals surface area contributed by atoms with Crippen LogP contribution in [-0.2, 0) is 32.2 Å². The topological polar surface area (TPSA) is 46.7 Å². The van der Waals surface area contributed by atoms with E-state index in [1.165, 1.54) is 110 Å². The minimum atomic E-state index is 0.796. The normalized spacial score (nSPS) is 14.6. The molecule has 52 heavy (non-hydrogen) atoms. The number of fused-ring (bicyclic) bond motifs is 8. The van der Waals surface area contributed by atoms with E-state index in [2.05, 4.69) is 134 Å². The third-order valence-corrected chi connectivity index (χ3v) is 11.7. The van der Waals surface area contributed by atoms with Crippen LogP contribution >= 0.6 is 0 Å². The summed E-state index contributed by atoms with van der Waals surface area (Å²) in [6.45, 7) is 9.72. The zero-order valence-electron chi connectivity index (χ0n) is 30.9. The van der Waals surface area contributed by atoms with Crippen LogP contribution in [0.5, 0.6) is 0 Å². The first-order valence-corrected chi connectivity index (χ1v) is 19.2. The summed E-state index contributed by atoms with van der Waals surface area (Å²) in [7, 11) is 0. The molecule has 0 fully saturated rings. The maximum absolute atomic E-state index is 5.70. The van der Waals surface area contributed by atoms with E-state index in [9.17, 15) is 0 Å². The molecule has 0 radical (unpaired) electrons. The number of nitrogens with zero attached hydrogens (tertiary/aromatic N) is 1. The van der Waals surface area contributed by atoms with E-state index in [4.69, 9.17) is 5.73 Å². The van der Waals surface area contributed by atoms with Crippen molar-refractivity contribution in [2.24, 2.45) is 5.73 Å². The Kier molecular flexibility index (Phi) is 8.03. The van der Waals surface area contributed by atoms with Gasteiger partial charge in [-0.25, -0.2) is 0 Å². The predicted molar refractivity (Wildman–Crippen MR) is 224 cm³/mol. The number of allylic oxidation sites excluding steroid dienone is 7. The minimum absolute atomic E-state index is 0.796. The summed E-state index contributed by atoms with van der Waals surface area (Å²) in [5.74, 6) is 0. The second-order valence-electron chi connectivity index (χ2n) is 14.8. The molecule has 0 amide bonds. The standard InChI is InChI=1S/C49H47N3/c1-5-12-30(3)36(13-6-2)32-18-22-44-40(26-32)42-28-34-16-17-35-29-43-41-27-33(37-15-9-8-14-31(37)4)19-23-45(41)52(25-11-7-10-24-50)49(43)39-21-20-38(48(42)51-44)46(34)47(35)39/h7-15,18-19,22-24,26-29,51H,5-6,16-17,20-21,25,50H2,1-4H3/b11-7-,24-10-,30-12-,36-13+. The fourth-order valence-electron chi connectivity index (χ4n) is 9.46. The zero-order chi connectivity index (χ0) is 35.5. The van der Waals surface area contributed by atoms with Gasteiger partial charge in [0.15, 0.2) is 0 Å². The summed E-state index contributed by atoms with van der Waals surface area (Å²) in [5, 5.41) is 5.45. The third kappa shape index (κ3) is 5.01. The van der Waals surface area contributed by atoms with Crippen LogP contribution in [-0.4, -0.2) is 9.55 Å². The summed E-state index contributed by atoms with van der Waals surface area (Å²) < 4.78 is 2.56. The highest BCUT2D eigenvalue weighted by atomic mass is 15.0. The number of benzene rings is 5. The first-order valence-electron chi connectivity index (χ1n) is 19.2. The van der Waals surface area contributed by atoms with Crippen molar-refractivity contribution in [1.29, 1.82) is 0 Å². The number of rotatable bonds is 8. The van der Waals surface area contributed by atoms with Crippen molar-refractivity contribution in [1.82, 2.24) is 9.55 Å². The molecule has 0 atom stereocenters. The van der Waals surface area contributed by atoms with E-state index < -0.39 is 0 Å². The molecule has 7 aromatic rings. The smallest absolute Gasteiger partial charge is 0.0533 e. The van der Waals surface area contributed by atoms with E-state index in [-0.39, 0.29) is 0 Å². The van der Waals surface area contributed by atoms with E-state index in [0.29, 0.717) is 0 Å². The van der Waals surface area contributed by atoms with Gasteiger partial charge < -0.3 is 15.3 Å². The number of H-pyrrole nitrogens is 1. The Morgan fingerprint density at radius 2 is 1.54 bits per heavy atom. The number of aromatic amines is 1. The Bertz CT molecular complexity index is 2700. The van der Waals surface area contributed by atoms with Crippen molar-refractivity contribution < 1.29 is 0 Å². The maximum Gasteiger partial charge on any atom is 0.0533 e. The highest BCUT2D eigenvalue weighted by molar-refractivity contribution is 6.15. The fraction of sp³-hybridized carbons (Fsp3) is 0.224. The van der Waals surface area contributed by atoms with E-state index in [0.717, 1.165) is 45.1 Å². The summed E-state index contributed by atoms with van der Waals surface area (Å²) in [6, 6.07) is 28.0. The van der Waals surface area contributed by atoms with Crippen molar-refractivity contribution >= 4 is 49.2 Å². The van der Waals surface area contributed by atoms with Gasteiger partial charge >= 0.3 is 0 Å². The van der Waals surface area contributed by atoms with Crippen LogP contribution in [0.1, 0.15) is 67.0 Å². The molecule has 3 nitrogen and oxygen atoms in total. The van der Waals surface area contributed by atoms with E-state index in [1.54, 1.807) is 6.20 Å². The SMILES string of the molecule is CC/C=C(C)\C(=C/CC)c1ccc2[nH]c3c4c5c(cc3c2c1)CCc1cc2c3cc(-c6ccccc6C)ccc3n(C/C=C\C=C/N)c2c(c1-5)CC4. The number of nitrogens with two attached hydrogens (primary N) is 1. The van der Waals surface area contributed by atoms with Crippen molar-refractivity contribution in [2.75, 3.05) is 0 Å². The number of hydrogen-bond donors (Lipinski definition) is 2. The molecule has 3 N–H and O–H groups in total. The summed E-state index contributed by atoms with van der Waals surface area (Å²) >= 11 is 0. The molecule has 9 rings (SSSR count). The Morgan fingerprint density at radius 1 is 0.769 bits per heavy atom. The monoisotopic (exact) mass is 677 g/mol. The number of aromatic nitrogens is 2. The van der Waals surface area contributed by atoms with Crippen molar-refractivity contribution in [2.45, 2.75) is 72.8 Å². The Balaban J connectivity index is 1.27. The van der Waals surface area contributed by atoms with Crippen LogP contribution < -0.4 is 5.73 Å². The van der Waals surface area contributed by atoms with E-state index >= 15 is 0 Å². The summed E-state index contributed by atoms with van der Waals surface area (Å²) in [6.07, 6.45) is 18.8. The average Bonchev–Trinajstić information content (AvgIpc) is 3.69. The van der Waals surface area contributed by atoms with Gasteiger partial charge in [-0.05, 0) is 168 Å². The summed E-state index contributed by atoms with van der Waals surface area (Å²) in [5.41, 5.74) is 27.9. The molecule has 0 bridgehead atoms. The molecule has 0 saturated carbocycles. The lowest BCUT2D eigenvalue weighted by Gasteiger charge is -2.31. The van der Waals surface area contributed by atoms with Crippen molar-refractivity contribution in [3.8, 4) is 22.3 Å². The van der Waals surface area contributed by atoms with Gasteiger partial charge in [0.1, 0.15) is 0 Å². The number of aryl methyl sites for hydroxylation is 5. The van der Waals surface area contributed by atoms with Gasteiger partial charge in [-0.3, -0.25) is 0 Å². The second kappa shape index (κ2) is 12.9. The highest BCUT2D eigenvalue weighted by Crippen LogP contribution is 2.50. The Labute approximate surface area is 306 Å². The van der Waals surface area contributed by atoms with Crippen LogP contribution in [0.4, 0.5) is 0 Å². The molecule has 2 aliphatic rings. The molecule has 3 heteroatoms. The van der Waals surface area contributed by atoms with Crippen LogP contribution in [0.15, 0.2) is 115 Å². The van der Waals surface area contributed by atoms with Gasteiger partial charge in [0.25, 0.3) is 0 Å². The van der Waals surface area contributed by atoms with Crippen molar-refractivity contribution in [3.63, 3.8) is 0 Å². The highest BCUT2D eigenvalue weighted by Gasteiger charge is 2.31. The number of hydrogen-bond acceptors (Lipinski definition) is 1. The van der Waals surface area contributed by atoms with Crippen LogP contribution in [0.25, 0.3) is 71.4 Å². The first-order chi connectivity index (χ1) is 25.5. The molecule has 0 spiro atoms. The molecule has 0 saturated heterocycles. The van der Waals surface area contributed by atoms with Gasteiger partial charge in [0, 0.05) is 39.1 Å². The lowest BCUT2D eigenvalue weighted by molar-refractivity contribution is 0.859. The molecular weight excluding hydrogens is 631 g/mol. The van der Waals surface area contributed by atoms with Gasteiger partial charge in [0.05, 0.1) is 11.0 Å². The van der Waals surface area contributed by atoms with Crippen LogP contribution in [0, 0.1) is 6.92 Å². The molecule has 0 unspecified atom stereocenters. The molecule has 2 aromatic heterocycles. The maximum atomic E-state index is 5.70. The van der Waals surface area contributed by atoms with Crippen molar-refractivity contribution in [3.05, 3.63) is 148 Å². The third-order valence-electron chi connectivity index (χ3n) is 11.7. The lowest BCUT2D eigenvalue weighted by Crippen LogP contribution is -2.15. The van der Waals surface area contributed by atoms with Crippen LogP contribution in [0.2, 0.25) is 0 Å². The predicted octanol–water partition coefficient (Wildman–Crippen LogP) is 12.4. The van der Waals surface area contributed by atoms with Gasteiger partial charge in [-0.2, -0.15) is 0 Å². The Morgan fingerprint density at radius 3 is 2.33 bits per heavy atom. The molecule has 2 heterocycles. The largest absolute Gasteiger partial charge is 0.405 e. The zero-order valence-corrected chi connectivity index (χ0v) is 30.9. The Hall–Kier alpha value is -5.54. The molecular formula is C49H47N3. The molecule has 258 valence electrons.